The van der Waals surface area contributed by atoms with Crippen molar-refractivity contribution in [3.05, 3.63) is 28.3 Å². The Morgan fingerprint density at radius 3 is 2.45 bits per heavy atom. The number of nitrogens with one attached hydrogen (secondary N) is 2. The van der Waals surface area contributed by atoms with Crippen molar-refractivity contribution < 1.29 is 13.2 Å². The molecular weight excluding hydrogens is 311 g/mol. The molecule has 1 aliphatic heterocycles. The third kappa shape index (κ3) is 2.34. The largest absolute Gasteiger partial charge is 0.330 e. The van der Waals surface area contributed by atoms with Crippen molar-refractivity contribution in [2.24, 2.45) is 0 Å². The minimum atomic E-state index is -1.45. The topological polar surface area (TPSA) is 32.8 Å². The molecule has 0 unspecified atom stereocenters. The standard InChI is InChI=1S/C12H12F3N3S.ClH/c13-7-5-8-11(10(15)9(7)14)18(12(19)17-8)6-1-3-16-4-2-6;/h5-6,16H,1-4H2,(H,17,19);1H. The number of H-pyrrole nitrogens is 1. The molecule has 0 radical (unpaired) electrons. The number of nitrogens with zero attached hydrogens (tertiary/aromatic N) is 1. The molecule has 2 aromatic rings. The van der Waals surface area contributed by atoms with E-state index in [1.807, 2.05) is 0 Å². The highest BCUT2D eigenvalue weighted by molar-refractivity contribution is 7.71. The van der Waals surface area contributed by atoms with Gasteiger partial charge in [-0.1, -0.05) is 0 Å². The Morgan fingerprint density at radius 1 is 1.15 bits per heavy atom. The molecular formula is C12H13ClF3N3S. The first-order valence-electron chi connectivity index (χ1n) is 6.08. The Kier molecular flexibility index (Phi) is 4.41. The molecule has 20 heavy (non-hydrogen) atoms. The Morgan fingerprint density at radius 2 is 1.80 bits per heavy atom. The second kappa shape index (κ2) is 5.75. The van der Waals surface area contributed by atoms with Crippen LogP contribution in [0.2, 0.25) is 0 Å². The van der Waals surface area contributed by atoms with E-state index in [0.717, 1.165) is 32.0 Å². The van der Waals surface area contributed by atoms with E-state index < -0.39 is 17.5 Å². The predicted octanol–water partition coefficient (Wildman–Crippen LogP) is 3.46. The van der Waals surface area contributed by atoms with Crippen LogP contribution in [0.5, 0.6) is 0 Å². The van der Waals surface area contributed by atoms with E-state index in [0.29, 0.717) is 4.77 Å². The highest BCUT2D eigenvalue weighted by Gasteiger charge is 2.23. The lowest BCUT2D eigenvalue weighted by Crippen LogP contribution is -2.29. The molecule has 0 atom stereocenters. The van der Waals surface area contributed by atoms with E-state index in [9.17, 15) is 13.2 Å². The number of rotatable bonds is 1. The molecule has 0 saturated carbocycles. The van der Waals surface area contributed by atoms with Gasteiger partial charge in [-0.3, -0.25) is 0 Å². The van der Waals surface area contributed by atoms with Crippen LogP contribution in [-0.4, -0.2) is 22.6 Å². The lowest BCUT2D eigenvalue weighted by Gasteiger charge is -2.24. The molecule has 110 valence electrons. The number of aromatic nitrogens is 2. The van der Waals surface area contributed by atoms with Gasteiger partial charge in [0.1, 0.15) is 5.52 Å². The van der Waals surface area contributed by atoms with E-state index in [-0.39, 0.29) is 29.5 Å². The van der Waals surface area contributed by atoms with Gasteiger partial charge in [0, 0.05) is 12.1 Å². The maximum Gasteiger partial charge on any atom is 0.196 e. The lowest BCUT2D eigenvalue weighted by atomic mass is 10.1. The average molecular weight is 324 g/mol. The highest BCUT2D eigenvalue weighted by Crippen LogP contribution is 2.29. The van der Waals surface area contributed by atoms with E-state index in [1.165, 1.54) is 0 Å². The van der Waals surface area contributed by atoms with Gasteiger partial charge in [-0.25, -0.2) is 13.2 Å². The fourth-order valence-corrected chi connectivity index (χ4v) is 2.96. The molecule has 8 heteroatoms. The normalized spacial score (nSPS) is 16.4. The maximum absolute atomic E-state index is 14.0. The second-order valence-corrected chi connectivity index (χ2v) is 5.05. The van der Waals surface area contributed by atoms with E-state index in [1.54, 1.807) is 4.57 Å². The SMILES string of the molecule is Cl.Fc1cc2[nH]c(=S)n(C3CCNCC3)c2c(F)c1F. The van der Waals surface area contributed by atoms with Gasteiger partial charge in [0.2, 0.25) is 0 Å². The molecule has 0 bridgehead atoms. The third-order valence-corrected chi connectivity index (χ3v) is 3.81. The summed E-state index contributed by atoms with van der Waals surface area (Å²) >= 11 is 5.16. The molecule has 0 spiro atoms. The third-order valence-electron chi connectivity index (χ3n) is 3.51. The van der Waals surface area contributed by atoms with E-state index in [2.05, 4.69) is 10.3 Å². The van der Waals surface area contributed by atoms with Gasteiger partial charge in [-0.15, -0.1) is 12.4 Å². The van der Waals surface area contributed by atoms with Crippen molar-refractivity contribution in [1.29, 1.82) is 0 Å². The summed E-state index contributed by atoms with van der Waals surface area (Å²) in [7, 11) is 0. The average Bonchev–Trinajstić information content (AvgIpc) is 2.73. The van der Waals surface area contributed by atoms with Gasteiger partial charge < -0.3 is 14.9 Å². The number of imidazole rings is 1. The molecule has 1 aromatic heterocycles. The Labute approximate surface area is 124 Å². The summed E-state index contributed by atoms with van der Waals surface area (Å²) in [5, 5.41) is 3.19. The molecule has 1 saturated heterocycles. The van der Waals surface area contributed by atoms with Crippen molar-refractivity contribution in [2.75, 3.05) is 13.1 Å². The first kappa shape index (κ1) is 15.3. The first-order chi connectivity index (χ1) is 9.09. The van der Waals surface area contributed by atoms with Crippen molar-refractivity contribution in [3.8, 4) is 0 Å². The van der Waals surface area contributed by atoms with Crippen LogP contribution in [0.1, 0.15) is 18.9 Å². The minimum Gasteiger partial charge on any atom is -0.330 e. The second-order valence-electron chi connectivity index (χ2n) is 4.66. The van der Waals surface area contributed by atoms with Crippen LogP contribution >= 0.6 is 24.6 Å². The number of aromatic amines is 1. The first-order valence-corrected chi connectivity index (χ1v) is 6.49. The number of fused-ring (bicyclic) bond motifs is 1. The number of halogens is 4. The minimum absolute atomic E-state index is 0. The number of piperidine rings is 1. The number of hydrogen-bond donors (Lipinski definition) is 2. The fraction of sp³-hybridized carbons (Fsp3) is 0.417. The Hall–Kier alpha value is -1.05. The quantitative estimate of drug-likeness (QED) is 0.622. The van der Waals surface area contributed by atoms with Gasteiger partial charge in [0.05, 0.1) is 5.52 Å². The summed E-state index contributed by atoms with van der Waals surface area (Å²) in [6.45, 7) is 1.59. The Bertz CT molecular complexity index is 691. The summed E-state index contributed by atoms with van der Waals surface area (Å²) < 4.78 is 42.4. The number of benzene rings is 1. The zero-order valence-electron chi connectivity index (χ0n) is 10.4. The van der Waals surface area contributed by atoms with Crippen LogP contribution in [-0.2, 0) is 0 Å². The molecule has 3 nitrogen and oxygen atoms in total. The van der Waals surface area contributed by atoms with Gasteiger partial charge in [-0.2, -0.15) is 0 Å². The van der Waals surface area contributed by atoms with Crippen molar-refractivity contribution >= 4 is 35.7 Å². The molecule has 3 rings (SSSR count). The van der Waals surface area contributed by atoms with Gasteiger partial charge >= 0.3 is 0 Å². The summed E-state index contributed by atoms with van der Waals surface area (Å²) in [6, 6.07) is 0.947. The Balaban J connectivity index is 0.00000147. The van der Waals surface area contributed by atoms with Crippen molar-refractivity contribution in [2.45, 2.75) is 18.9 Å². The van der Waals surface area contributed by atoms with Gasteiger partial charge in [0.15, 0.2) is 22.2 Å². The van der Waals surface area contributed by atoms with Crippen LogP contribution in [0.25, 0.3) is 11.0 Å². The highest BCUT2D eigenvalue weighted by atomic mass is 35.5. The maximum atomic E-state index is 14.0. The van der Waals surface area contributed by atoms with E-state index >= 15 is 0 Å². The zero-order chi connectivity index (χ0) is 13.6. The molecule has 1 aromatic carbocycles. The molecule has 1 fully saturated rings. The lowest BCUT2D eigenvalue weighted by molar-refractivity contribution is 0.368. The van der Waals surface area contributed by atoms with Crippen LogP contribution in [0.15, 0.2) is 6.07 Å². The molecule has 0 amide bonds. The van der Waals surface area contributed by atoms with E-state index in [4.69, 9.17) is 12.2 Å². The summed E-state index contributed by atoms with van der Waals surface area (Å²) in [4.78, 5) is 2.74. The van der Waals surface area contributed by atoms with Crippen molar-refractivity contribution in [3.63, 3.8) is 0 Å². The zero-order valence-corrected chi connectivity index (χ0v) is 12.0. The van der Waals surface area contributed by atoms with Gasteiger partial charge in [-0.05, 0) is 38.1 Å². The smallest absolute Gasteiger partial charge is 0.196 e. The molecule has 0 aliphatic carbocycles. The predicted molar refractivity (Wildman–Crippen MR) is 75.4 cm³/mol. The molecule has 2 N–H and O–H groups in total. The summed E-state index contributed by atoms with van der Waals surface area (Å²) in [5.41, 5.74) is 0.218. The van der Waals surface area contributed by atoms with Crippen LogP contribution in [0.4, 0.5) is 13.2 Å². The molecule has 2 heterocycles. The summed E-state index contributed by atoms with van der Waals surface area (Å²) in [6.07, 6.45) is 1.55. The number of hydrogen-bond acceptors (Lipinski definition) is 2. The monoisotopic (exact) mass is 323 g/mol. The summed E-state index contributed by atoms with van der Waals surface area (Å²) in [5.74, 6) is -3.84. The van der Waals surface area contributed by atoms with Crippen molar-refractivity contribution in [1.82, 2.24) is 14.9 Å². The molecule has 1 aliphatic rings. The van der Waals surface area contributed by atoms with Crippen LogP contribution in [0, 0.1) is 22.2 Å². The van der Waals surface area contributed by atoms with Crippen LogP contribution < -0.4 is 5.32 Å². The van der Waals surface area contributed by atoms with Crippen LogP contribution in [0.3, 0.4) is 0 Å². The van der Waals surface area contributed by atoms with Gasteiger partial charge in [0.25, 0.3) is 0 Å². The fourth-order valence-electron chi connectivity index (χ4n) is 2.61.